The Morgan fingerprint density at radius 3 is 2.52 bits per heavy atom. The molecule has 0 saturated carbocycles. The molecule has 27 heavy (non-hydrogen) atoms. The molecule has 0 N–H and O–H groups in total. The van der Waals surface area contributed by atoms with Gasteiger partial charge in [0, 0.05) is 11.6 Å². The van der Waals surface area contributed by atoms with Gasteiger partial charge in [0.15, 0.2) is 5.65 Å². The van der Waals surface area contributed by atoms with Crippen LogP contribution in [-0.2, 0) is 0 Å². The molecule has 0 aromatic carbocycles. The van der Waals surface area contributed by atoms with Crippen LogP contribution >= 0.6 is 34.8 Å². The highest BCUT2D eigenvalue weighted by Gasteiger charge is 2.29. The molecule has 0 saturated heterocycles. The molecule has 0 atom stereocenters. The summed E-state index contributed by atoms with van der Waals surface area (Å²) in [6.07, 6.45) is 1.61. The van der Waals surface area contributed by atoms with Gasteiger partial charge in [-0.15, -0.1) is 0 Å². The first-order chi connectivity index (χ1) is 12.6. The predicted molar refractivity (Wildman–Crippen MR) is 106 cm³/mol. The van der Waals surface area contributed by atoms with E-state index in [9.17, 15) is 14.9 Å². The molecule has 3 aromatic heterocycles. The zero-order valence-electron chi connectivity index (χ0n) is 14.5. The van der Waals surface area contributed by atoms with Gasteiger partial charge in [-0.3, -0.25) is 24.5 Å². The van der Waals surface area contributed by atoms with Crippen molar-refractivity contribution in [2.24, 2.45) is 0 Å². The van der Waals surface area contributed by atoms with E-state index in [0.29, 0.717) is 16.9 Å². The second-order valence-electron chi connectivity index (χ2n) is 6.21. The van der Waals surface area contributed by atoms with Gasteiger partial charge in [-0.05, 0) is 30.5 Å². The Bertz CT molecular complexity index is 1160. The number of fused-ring (bicyclic) bond motifs is 1. The van der Waals surface area contributed by atoms with E-state index in [0.717, 1.165) is 4.57 Å². The van der Waals surface area contributed by atoms with Gasteiger partial charge in [-0.1, -0.05) is 48.7 Å². The van der Waals surface area contributed by atoms with E-state index < -0.39 is 16.2 Å². The fraction of sp³-hybridized carbons (Fsp3) is 0.235. The highest BCUT2D eigenvalue weighted by molar-refractivity contribution is 6.43. The van der Waals surface area contributed by atoms with Crippen LogP contribution in [0.15, 0.2) is 23.1 Å². The standard InChI is InChI=1S/C17H13Cl3N4O3/c1-7(2)12-13(8(3)4-5-21-12)23-16-9(6-10(18)15(20)22-16)11(19)14(17(23)25)24(26)27/h4-7H,1-3H3. The Labute approximate surface area is 168 Å². The lowest BCUT2D eigenvalue weighted by Crippen LogP contribution is -2.25. The number of nitro groups is 1. The van der Waals surface area contributed by atoms with E-state index in [1.54, 1.807) is 19.2 Å². The van der Waals surface area contributed by atoms with Crippen LogP contribution in [0.25, 0.3) is 16.7 Å². The van der Waals surface area contributed by atoms with Gasteiger partial charge in [0.2, 0.25) is 0 Å². The van der Waals surface area contributed by atoms with Crippen molar-refractivity contribution in [3.63, 3.8) is 0 Å². The van der Waals surface area contributed by atoms with Gasteiger partial charge in [0.1, 0.15) is 10.2 Å². The average Bonchev–Trinajstić information content (AvgIpc) is 2.57. The molecule has 140 valence electrons. The molecular weight excluding hydrogens is 415 g/mol. The van der Waals surface area contributed by atoms with E-state index in [2.05, 4.69) is 9.97 Å². The van der Waals surface area contributed by atoms with Crippen molar-refractivity contribution in [3.8, 4) is 5.69 Å². The van der Waals surface area contributed by atoms with Gasteiger partial charge < -0.3 is 0 Å². The van der Waals surface area contributed by atoms with E-state index in [-0.39, 0.29) is 32.1 Å². The number of nitrogens with zero attached hydrogens (tertiary/aromatic N) is 4. The largest absolute Gasteiger partial charge is 0.353 e. The minimum atomic E-state index is -0.915. The molecule has 0 bridgehead atoms. The Balaban J connectivity index is 2.64. The quantitative estimate of drug-likeness (QED) is 0.330. The van der Waals surface area contributed by atoms with Crippen molar-refractivity contribution in [1.82, 2.24) is 14.5 Å². The number of hydrogen-bond donors (Lipinski definition) is 0. The van der Waals surface area contributed by atoms with Gasteiger partial charge in [-0.25, -0.2) is 4.98 Å². The molecule has 0 radical (unpaired) electrons. The first kappa shape index (κ1) is 19.5. The van der Waals surface area contributed by atoms with E-state index >= 15 is 0 Å². The molecule has 3 aromatic rings. The maximum Gasteiger partial charge on any atom is 0.353 e. The number of halogens is 3. The smallest absolute Gasteiger partial charge is 0.261 e. The summed E-state index contributed by atoms with van der Waals surface area (Å²) in [6.45, 7) is 5.58. The van der Waals surface area contributed by atoms with E-state index in [1.165, 1.54) is 6.07 Å². The summed E-state index contributed by atoms with van der Waals surface area (Å²) in [4.78, 5) is 32.3. The van der Waals surface area contributed by atoms with E-state index in [4.69, 9.17) is 34.8 Å². The fourth-order valence-corrected chi connectivity index (χ4v) is 3.44. The average molecular weight is 428 g/mol. The second-order valence-corrected chi connectivity index (χ2v) is 7.35. The second kappa shape index (κ2) is 7.07. The maximum absolute atomic E-state index is 13.1. The SMILES string of the molecule is Cc1ccnc(C(C)C)c1-n1c(=O)c([N+](=O)[O-])c(Cl)c2cc(Cl)c(Cl)nc21. The molecule has 0 unspecified atom stereocenters. The monoisotopic (exact) mass is 426 g/mol. The summed E-state index contributed by atoms with van der Waals surface area (Å²) >= 11 is 18.2. The summed E-state index contributed by atoms with van der Waals surface area (Å²) in [5.74, 6) is -0.0562. The molecule has 7 nitrogen and oxygen atoms in total. The summed E-state index contributed by atoms with van der Waals surface area (Å²) < 4.78 is 1.14. The van der Waals surface area contributed by atoms with Gasteiger partial charge in [0.25, 0.3) is 0 Å². The van der Waals surface area contributed by atoms with E-state index in [1.807, 2.05) is 13.8 Å². The topological polar surface area (TPSA) is 90.9 Å². The van der Waals surface area contributed by atoms with Crippen LogP contribution in [0.1, 0.15) is 31.0 Å². The maximum atomic E-state index is 13.1. The Morgan fingerprint density at radius 1 is 1.26 bits per heavy atom. The van der Waals surface area contributed by atoms with Crippen LogP contribution < -0.4 is 5.56 Å². The first-order valence-electron chi connectivity index (χ1n) is 7.85. The third-order valence-corrected chi connectivity index (χ3v) is 5.14. The van der Waals surface area contributed by atoms with Crippen LogP contribution in [-0.4, -0.2) is 19.5 Å². The summed E-state index contributed by atoms with van der Waals surface area (Å²) in [5.41, 5.74) is 0.0874. The molecule has 0 spiro atoms. The molecule has 10 heteroatoms. The summed E-state index contributed by atoms with van der Waals surface area (Å²) in [6, 6.07) is 3.07. The zero-order chi connectivity index (χ0) is 20.0. The zero-order valence-corrected chi connectivity index (χ0v) is 16.7. The highest BCUT2D eigenvalue weighted by atomic mass is 35.5. The fourth-order valence-electron chi connectivity index (χ4n) is 2.86. The van der Waals surface area contributed by atoms with Crippen molar-refractivity contribution < 1.29 is 4.92 Å². The van der Waals surface area contributed by atoms with Crippen LogP contribution in [0.4, 0.5) is 5.69 Å². The molecule has 0 aliphatic heterocycles. The number of rotatable bonds is 3. The molecule has 0 aliphatic carbocycles. The Kier molecular flexibility index (Phi) is 5.12. The lowest BCUT2D eigenvalue weighted by atomic mass is 10.0. The highest BCUT2D eigenvalue weighted by Crippen LogP contribution is 2.35. The number of aromatic nitrogens is 3. The molecular formula is C17H13Cl3N4O3. The minimum absolute atomic E-state index is 0.0464. The van der Waals surface area contributed by atoms with Crippen LogP contribution in [0.2, 0.25) is 15.2 Å². The summed E-state index contributed by atoms with van der Waals surface area (Å²) in [7, 11) is 0. The van der Waals surface area contributed by atoms with Crippen LogP contribution in [0, 0.1) is 17.0 Å². The van der Waals surface area contributed by atoms with Crippen LogP contribution in [0.5, 0.6) is 0 Å². The van der Waals surface area contributed by atoms with Crippen LogP contribution in [0.3, 0.4) is 0 Å². The lowest BCUT2D eigenvalue weighted by molar-refractivity contribution is -0.386. The van der Waals surface area contributed by atoms with Gasteiger partial charge in [0.05, 0.1) is 21.3 Å². The lowest BCUT2D eigenvalue weighted by Gasteiger charge is -2.18. The Hall–Kier alpha value is -2.22. The van der Waals surface area contributed by atoms with Crippen molar-refractivity contribution in [2.75, 3.05) is 0 Å². The Morgan fingerprint density at radius 2 is 1.93 bits per heavy atom. The van der Waals surface area contributed by atoms with Crippen molar-refractivity contribution in [3.05, 3.63) is 65.3 Å². The predicted octanol–water partition coefficient (Wildman–Crippen LogP) is 5.08. The summed E-state index contributed by atoms with van der Waals surface area (Å²) in [5, 5.41) is 11.4. The first-order valence-corrected chi connectivity index (χ1v) is 8.99. The third-order valence-electron chi connectivity index (χ3n) is 4.08. The molecule has 0 amide bonds. The number of pyridine rings is 3. The molecule has 0 aliphatic rings. The molecule has 3 rings (SSSR count). The van der Waals surface area contributed by atoms with Gasteiger partial charge in [-0.2, -0.15) is 0 Å². The molecule has 0 fully saturated rings. The van der Waals surface area contributed by atoms with Crippen molar-refractivity contribution in [2.45, 2.75) is 26.7 Å². The van der Waals surface area contributed by atoms with Gasteiger partial charge >= 0.3 is 11.2 Å². The minimum Gasteiger partial charge on any atom is -0.261 e. The third kappa shape index (κ3) is 3.16. The number of hydrogen-bond acceptors (Lipinski definition) is 5. The normalized spacial score (nSPS) is 11.4. The molecule has 3 heterocycles. The van der Waals surface area contributed by atoms with Crippen molar-refractivity contribution in [1.29, 1.82) is 0 Å². The van der Waals surface area contributed by atoms with Crippen molar-refractivity contribution >= 4 is 51.5 Å². The number of aryl methyl sites for hydroxylation is 1.